The van der Waals surface area contributed by atoms with Crippen molar-refractivity contribution in [3.8, 4) is 5.75 Å². The largest absolute Gasteiger partial charge is 0.493 e. The van der Waals surface area contributed by atoms with Gasteiger partial charge in [0.05, 0.1) is 25.9 Å². The molecule has 2 aromatic carbocycles. The third-order valence-corrected chi connectivity index (χ3v) is 7.09. The summed E-state index contributed by atoms with van der Waals surface area (Å²) in [5, 5.41) is 32.2. The van der Waals surface area contributed by atoms with Crippen molar-refractivity contribution < 1.29 is 33.9 Å². The molecule has 2 fully saturated rings. The summed E-state index contributed by atoms with van der Waals surface area (Å²) in [6.45, 7) is 2.31. The monoisotopic (exact) mass is 488 g/mol. The van der Waals surface area contributed by atoms with Gasteiger partial charge in [-0.2, -0.15) is 0 Å². The highest BCUT2D eigenvalue weighted by atomic mass is 35.5. The van der Waals surface area contributed by atoms with Gasteiger partial charge in [-0.05, 0) is 42.3 Å². The highest BCUT2D eigenvalue weighted by molar-refractivity contribution is 6.31. The molecule has 0 spiro atoms. The first-order chi connectivity index (χ1) is 16.4. The van der Waals surface area contributed by atoms with Crippen LogP contribution in [0, 0.1) is 0 Å². The summed E-state index contributed by atoms with van der Waals surface area (Å²) in [5.41, 5.74) is 0.860. The molecular weight excluding hydrogens is 460 g/mol. The van der Waals surface area contributed by atoms with Crippen molar-refractivity contribution in [3.05, 3.63) is 64.4 Å². The average molecular weight is 489 g/mol. The molecular formula is C26H29ClO7. The Kier molecular flexibility index (Phi) is 6.35. The molecule has 4 atom stereocenters. The maximum absolute atomic E-state index is 10.4. The van der Waals surface area contributed by atoms with Gasteiger partial charge in [0.1, 0.15) is 28.8 Å². The molecule has 8 heteroatoms. The highest BCUT2D eigenvalue weighted by Crippen LogP contribution is 2.49. The number of fused-ring (bicyclic) bond motifs is 3. The van der Waals surface area contributed by atoms with Gasteiger partial charge in [0.15, 0.2) is 5.79 Å². The van der Waals surface area contributed by atoms with E-state index in [1.54, 1.807) is 12.1 Å². The Morgan fingerprint density at radius 2 is 2.00 bits per heavy atom. The molecule has 2 aliphatic rings. The second-order valence-electron chi connectivity index (χ2n) is 9.18. The maximum atomic E-state index is 10.4. The summed E-state index contributed by atoms with van der Waals surface area (Å²) in [6, 6.07) is 13.2. The highest BCUT2D eigenvalue weighted by Gasteiger charge is 2.62. The molecule has 2 bridgehead atoms. The van der Waals surface area contributed by atoms with E-state index in [0.29, 0.717) is 23.6 Å². The number of hydrogen-bond donors (Lipinski definition) is 3. The van der Waals surface area contributed by atoms with Crippen LogP contribution < -0.4 is 4.74 Å². The Morgan fingerprint density at radius 1 is 1.15 bits per heavy atom. The summed E-state index contributed by atoms with van der Waals surface area (Å²) < 4.78 is 23.9. The second-order valence-corrected chi connectivity index (χ2v) is 9.59. The lowest BCUT2D eigenvalue weighted by Crippen LogP contribution is -2.59. The van der Waals surface area contributed by atoms with Crippen LogP contribution in [0.5, 0.6) is 5.75 Å². The van der Waals surface area contributed by atoms with E-state index < -0.39 is 30.2 Å². The Hall–Kier alpha value is -2.13. The minimum Gasteiger partial charge on any atom is -0.493 e. The van der Waals surface area contributed by atoms with Gasteiger partial charge in [0.25, 0.3) is 0 Å². The lowest BCUT2D eigenvalue weighted by molar-refractivity contribution is -0.281. The first-order valence-electron chi connectivity index (χ1n) is 11.6. The van der Waals surface area contributed by atoms with Crippen LogP contribution in [0.3, 0.4) is 0 Å². The standard InChI is InChI=1S/C26H29ClO7/c1-2-3-8-31-19-6-4-16-10-20(33-23(16)12-19)11-17-9-18(5-7-21(17)27)26-13-22(29)24(30)25(14-28,34-26)15-32-26/h4-7,9-10,12,22,24,28-30H,2-3,8,11,13-15H2,1H3/t22?,24-,25-,26+/m0/s1. The molecule has 0 aliphatic carbocycles. The van der Waals surface area contributed by atoms with Gasteiger partial charge in [-0.3, -0.25) is 0 Å². The Morgan fingerprint density at radius 3 is 2.79 bits per heavy atom. The molecule has 3 heterocycles. The van der Waals surface area contributed by atoms with Crippen LogP contribution in [-0.4, -0.2) is 52.9 Å². The molecule has 0 radical (unpaired) electrons. The van der Waals surface area contributed by atoms with E-state index >= 15 is 0 Å². The summed E-state index contributed by atoms with van der Waals surface area (Å²) in [7, 11) is 0. The molecule has 2 saturated heterocycles. The van der Waals surface area contributed by atoms with Crippen LogP contribution in [0.15, 0.2) is 46.9 Å². The molecule has 182 valence electrons. The zero-order valence-electron chi connectivity index (χ0n) is 19.0. The second kappa shape index (κ2) is 9.15. The third kappa shape index (κ3) is 4.11. The smallest absolute Gasteiger partial charge is 0.198 e. The lowest BCUT2D eigenvalue weighted by atomic mass is 9.86. The fourth-order valence-corrected chi connectivity index (χ4v) is 4.94. The van der Waals surface area contributed by atoms with Crippen LogP contribution in [0.4, 0.5) is 0 Å². The summed E-state index contributed by atoms with van der Waals surface area (Å²) in [5.74, 6) is 0.260. The maximum Gasteiger partial charge on any atom is 0.198 e. The third-order valence-electron chi connectivity index (χ3n) is 6.73. The molecule has 1 aromatic heterocycles. The van der Waals surface area contributed by atoms with Gasteiger partial charge in [0, 0.05) is 34.9 Å². The summed E-state index contributed by atoms with van der Waals surface area (Å²) in [6.07, 6.45) is 0.242. The lowest BCUT2D eigenvalue weighted by Gasteiger charge is -2.42. The first kappa shape index (κ1) is 23.6. The normalized spacial score (nSPS) is 28.5. The average Bonchev–Trinajstić information content (AvgIpc) is 3.39. The number of furan rings is 1. The zero-order valence-corrected chi connectivity index (χ0v) is 19.8. The van der Waals surface area contributed by atoms with Crippen LogP contribution in [0.25, 0.3) is 11.0 Å². The number of unbranched alkanes of at least 4 members (excludes halogenated alkanes) is 1. The molecule has 7 nitrogen and oxygen atoms in total. The molecule has 5 rings (SSSR count). The first-order valence-corrected chi connectivity index (χ1v) is 12.0. The van der Waals surface area contributed by atoms with Crippen molar-refractivity contribution in [2.75, 3.05) is 19.8 Å². The molecule has 3 N–H and O–H groups in total. The predicted octanol–water partition coefficient (Wildman–Crippen LogP) is 3.91. The van der Waals surface area contributed by atoms with E-state index in [4.69, 9.17) is 30.2 Å². The molecule has 0 amide bonds. The van der Waals surface area contributed by atoms with Gasteiger partial charge in [0.2, 0.25) is 0 Å². The molecule has 2 aliphatic heterocycles. The van der Waals surface area contributed by atoms with Gasteiger partial charge in [-0.15, -0.1) is 0 Å². The Bertz CT molecular complexity index is 1180. The number of rotatable bonds is 8. The van der Waals surface area contributed by atoms with E-state index in [-0.39, 0.29) is 13.0 Å². The molecule has 3 aromatic rings. The number of ether oxygens (including phenoxy) is 3. The van der Waals surface area contributed by atoms with Crippen molar-refractivity contribution in [1.82, 2.24) is 0 Å². The summed E-state index contributed by atoms with van der Waals surface area (Å²) in [4.78, 5) is 0. The fraction of sp³-hybridized carbons (Fsp3) is 0.462. The van der Waals surface area contributed by atoms with E-state index in [0.717, 1.165) is 40.9 Å². The van der Waals surface area contributed by atoms with Crippen LogP contribution in [-0.2, 0) is 21.7 Å². The van der Waals surface area contributed by atoms with Crippen molar-refractivity contribution >= 4 is 22.6 Å². The minimum atomic E-state index is -1.35. The molecule has 1 unspecified atom stereocenters. The number of benzene rings is 2. The van der Waals surface area contributed by atoms with Crippen molar-refractivity contribution in [3.63, 3.8) is 0 Å². The predicted molar refractivity (Wildman–Crippen MR) is 126 cm³/mol. The number of aliphatic hydroxyl groups is 3. The van der Waals surface area contributed by atoms with Gasteiger partial charge in [-0.1, -0.05) is 31.0 Å². The number of hydrogen-bond acceptors (Lipinski definition) is 7. The quantitative estimate of drug-likeness (QED) is 0.413. The van der Waals surface area contributed by atoms with Gasteiger partial charge < -0.3 is 33.9 Å². The van der Waals surface area contributed by atoms with Crippen molar-refractivity contribution in [2.45, 2.75) is 56.2 Å². The fourth-order valence-electron chi connectivity index (χ4n) is 4.75. The minimum absolute atomic E-state index is 0.0219. The zero-order chi connectivity index (χ0) is 23.9. The molecule has 34 heavy (non-hydrogen) atoms. The van der Waals surface area contributed by atoms with Crippen molar-refractivity contribution in [1.29, 1.82) is 0 Å². The number of aliphatic hydroxyl groups excluding tert-OH is 3. The SMILES string of the molecule is CCCCOc1ccc2cc(Cc3cc([C@]45CC(O)[C@H](O)[C@](CO)(CO4)O5)ccc3Cl)oc2c1. The topological polar surface area (TPSA) is 102 Å². The molecule has 0 saturated carbocycles. The van der Waals surface area contributed by atoms with E-state index in [1.165, 1.54) is 0 Å². The van der Waals surface area contributed by atoms with E-state index in [2.05, 4.69) is 6.92 Å². The number of halogens is 1. The Balaban J connectivity index is 1.40. The van der Waals surface area contributed by atoms with Gasteiger partial charge in [-0.25, -0.2) is 0 Å². The van der Waals surface area contributed by atoms with E-state index in [1.807, 2.05) is 30.3 Å². The Labute approximate surface area is 202 Å². The van der Waals surface area contributed by atoms with Crippen molar-refractivity contribution in [2.24, 2.45) is 0 Å². The van der Waals surface area contributed by atoms with Crippen LogP contribution in [0.2, 0.25) is 5.02 Å². The van der Waals surface area contributed by atoms with Crippen LogP contribution >= 0.6 is 11.6 Å². The summed E-state index contributed by atoms with van der Waals surface area (Å²) >= 11 is 6.51. The van der Waals surface area contributed by atoms with Gasteiger partial charge >= 0.3 is 0 Å². The van der Waals surface area contributed by atoms with Crippen LogP contribution in [0.1, 0.15) is 43.1 Å². The van der Waals surface area contributed by atoms with E-state index in [9.17, 15) is 15.3 Å².